The van der Waals surface area contributed by atoms with E-state index in [-0.39, 0.29) is 11.5 Å². The van der Waals surface area contributed by atoms with Gasteiger partial charge in [-0.25, -0.2) is 4.79 Å². The Morgan fingerprint density at radius 2 is 1.81 bits per heavy atom. The number of benzene rings is 2. The molecule has 4 aromatic rings. The number of hydrogen-bond donors (Lipinski definition) is 0. The van der Waals surface area contributed by atoms with Crippen LogP contribution in [-0.4, -0.2) is 5.97 Å². The molecule has 0 aliphatic rings. The Morgan fingerprint density at radius 3 is 2.56 bits per heavy atom. The molecular weight excluding hydrogens is 344 g/mol. The van der Waals surface area contributed by atoms with E-state index < -0.39 is 11.4 Å². The second kappa shape index (κ2) is 6.61. The zero-order valence-corrected chi connectivity index (χ0v) is 14.8. The maximum absolute atomic E-state index is 13.1. The van der Waals surface area contributed by atoms with E-state index in [1.54, 1.807) is 49.4 Å². The van der Waals surface area contributed by atoms with Crippen molar-refractivity contribution in [3.8, 4) is 17.3 Å². The van der Waals surface area contributed by atoms with Gasteiger partial charge in [-0.05, 0) is 49.7 Å². The quantitative estimate of drug-likeness (QED) is 0.487. The van der Waals surface area contributed by atoms with Crippen LogP contribution in [0.25, 0.3) is 22.5 Å². The first-order valence-corrected chi connectivity index (χ1v) is 8.44. The molecule has 5 heteroatoms. The number of fused-ring (bicyclic) bond motifs is 1. The van der Waals surface area contributed by atoms with Crippen LogP contribution in [0.4, 0.5) is 0 Å². The van der Waals surface area contributed by atoms with Crippen molar-refractivity contribution in [2.75, 3.05) is 0 Å². The van der Waals surface area contributed by atoms with Gasteiger partial charge in [0.25, 0.3) is 0 Å². The number of furan rings is 1. The Morgan fingerprint density at radius 1 is 1.00 bits per heavy atom. The first-order chi connectivity index (χ1) is 13.0. The number of carbonyl (C=O) groups is 1. The predicted molar refractivity (Wildman–Crippen MR) is 101 cm³/mol. The first kappa shape index (κ1) is 16.8. The molecule has 0 bridgehead atoms. The lowest BCUT2D eigenvalue weighted by Gasteiger charge is -2.10. The largest absolute Gasteiger partial charge is 0.461 e. The molecular formula is C22H16O5. The third-order valence-corrected chi connectivity index (χ3v) is 4.31. The molecule has 0 amide bonds. The first-order valence-electron chi connectivity index (χ1n) is 8.44. The molecule has 27 heavy (non-hydrogen) atoms. The lowest BCUT2D eigenvalue weighted by atomic mass is 10.1. The highest BCUT2D eigenvalue weighted by Crippen LogP contribution is 2.32. The van der Waals surface area contributed by atoms with Crippen molar-refractivity contribution in [3.05, 3.63) is 87.8 Å². The zero-order valence-electron chi connectivity index (χ0n) is 14.8. The highest BCUT2D eigenvalue weighted by atomic mass is 16.5. The van der Waals surface area contributed by atoms with Gasteiger partial charge in [-0.1, -0.05) is 29.8 Å². The van der Waals surface area contributed by atoms with Crippen molar-refractivity contribution >= 4 is 16.9 Å². The Hall–Kier alpha value is -3.60. The zero-order chi connectivity index (χ0) is 19.0. The number of ether oxygens (including phenoxy) is 1. The molecule has 0 saturated heterocycles. The lowest BCUT2D eigenvalue weighted by molar-refractivity contribution is 0.0730. The molecule has 0 spiro atoms. The summed E-state index contributed by atoms with van der Waals surface area (Å²) in [5.74, 6) is -0.415. The maximum atomic E-state index is 13.1. The fourth-order valence-electron chi connectivity index (χ4n) is 2.90. The van der Waals surface area contributed by atoms with Gasteiger partial charge in [0.15, 0.2) is 5.76 Å². The molecule has 0 unspecified atom stereocenters. The summed E-state index contributed by atoms with van der Waals surface area (Å²) in [5, 5.41) is 0.345. The van der Waals surface area contributed by atoms with Gasteiger partial charge in [0.05, 0.1) is 17.2 Å². The fraction of sp³-hybridized carbons (Fsp3) is 0.0909. The van der Waals surface area contributed by atoms with E-state index in [0.29, 0.717) is 22.3 Å². The molecule has 2 aromatic heterocycles. The minimum absolute atomic E-state index is 0.0864. The summed E-state index contributed by atoms with van der Waals surface area (Å²) >= 11 is 0. The number of rotatable bonds is 3. The summed E-state index contributed by atoms with van der Waals surface area (Å²) in [6.45, 7) is 3.68. The van der Waals surface area contributed by atoms with E-state index in [1.165, 1.54) is 6.26 Å². The fourth-order valence-corrected chi connectivity index (χ4v) is 2.90. The van der Waals surface area contributed by atoms with Crippen LogP contribution >= 0.6 is 0 Å². The topological polar surface area (TPSA) is 69.7 Å². The Labute approximate surface area is 154 Å². The van der Waals surface area contributed by atoms with Crippen LogP contribution < -0.4 is 10.2 Å². The highest BCUT2D eigenvalue weighted by Gasteiger charge is 2.23. The van der Waals surface area contributed by atoms with E-state index in [2.05, 4.69) is 0 Å². The Bertz CT molecular complexity index is 1200. The number of esters is 1. The summed E-state index contributed by atoms with van der Waals surface area (Å²) in [4.78, 5) is 25.7. The smallest absolute Gasteiger partial charge is 0.344 e. The molecule has 2 heterocycles. The highest BCUT2D eigenvalue weighted by molar-refractivity contribution is 5.94. The van der Waals surface area contributed by atoms with E-state index in [0.717, 1.165) is 11.1 Å². The van der Waals surface area contributed by atoms with Crippen molar-refractivity contribution in [1.29, 1.82) is 0 Å². The Kier molecular flexibility index (Phi) is 4.12. The number of hydrogen-bond acceptors (Lipinski definition) is 5. The SMILES string of the molecule is Cc1ccc2oc(-c3ccco3)c(OC(=O)c3ccccc3C)c(=O)c2c1. The maximum Gasteiger partial charge on any atom is 0.344 e. The van der Waals surface area contributed by atoms with Crippen LogP contribution in [0.2, 0.25) is 0 Å². The average Bonchev–Trinajstić information content (AvgIpc) is 3.19. The molecule has 2 aromatic carbocycles. The minimum atomic E-state index is -0.625. The standard InChI is InChI=1S/C22H16O5/c1-13-9-10-17-16(12-13)19(23)21(20(26-17)18-8-5-11-25-18)27-22(24)15-7-4-3-6-14(15)2/h3-12H,1-2H3. The minimum Gasteiger partial charge on any atom is -0.461 e. The summed E-state index contributed by atoms with van der Waals surface area (Å²) < 4.78 is 16.8. The molecule has 0 aliphatic heterocycles. The van der Waals surface area contributed by atoms with E-state index in [9.17, 15) is 9.59 Å². The predicted octanol–water partition coefficient (Wildman–Crippen LogP) is 4.89. The normalized spacial score (nSPS) is 10.9. The van der Waals surface area contributed by atoms with Gasteiger partial charge < -0.3 is 13.6 Å². The van der Waals surface area contributed by atoms with E-state index in [1.807, 2.05) is 19.1 Å². The summed E-state index contributed by atoms with van der Waals surface area (Å²) in [5.41, 5.74) is 2.01. The van der Waals surface area contributed by atoms with Crippen LogP contribution in [0.5, 0.6) is 5.75 Å². The van der Waals surface area contributed by atoms with Crippen LogP contribution in [0.3, 0.4) is 0 Å². The second-order valence-electron chi connectivity index (χ2n) is 6.27. The van der Waals surface area contributed by atoms with Crippen molar-refractivity contribution in [2.24, 2.45) is 0 Å². The van der Waals surface area contributed by atoms with E-state index >= 15 is 0 Å². The van der Waals surface area contributed by atoms with Crippen molar-refractivity contribution in [3.63, 3.8) is 0 Å². The van der Waals surface area contributed by atoms with Gasteiger partial charge in [-0.15, -0.1) is 0 Å². The molecule has 0 aliphatic carbocycles. The van der Waals surface area contributed by atoms with Crippen molar-refractivity contribution in [1.82, 2.24) is 0 Å². The number of carbonyl (C=O) groups excluding carboxylic acids is 1. The van der Waals surface area contributed by atoms with Gasteiger partial charge in [-0.3, -0.25) is 4.79 Å². The number of aryl methyl sites for hydroxylation is 2. The van der Waals surface area contributed by atoms with Gasteiger partial charge in [-0.2, -0.15) is 0 Å². The third kappa shape index (κ3) is 3.04. The van der Waals surface area contributed by atoms with Crippen LogP contribution in [-0.2, 0) is 0 Å². The molecule has 0 atom stereocenters. The van der Waals surface area contributed by atoms with Gasteiger partial charge in [0.1, 0.15) is 5.58 Å². The summed E-state index contributed by atoms with van der Waals surface area (Å²) in [6, 6.07) is 15.6. The monoisotopic (exact) mass is 360 g/mol. The second-order valence-corrected chi connectivity index (χ2v) is 6.27. The van der Waals surface area contributed by atoms with Gasteiger partial charge in [0, 0.05) is 0 Å². The van der Waals surface area contributed by atoms with Crippen molar-refractivity contribution < 1.29 is 18.4 Å². The van der Waals surface area contributed by atoms with E-state index in [4.69, 9.17) is 13.6 Å². The average molecular weight is 360 g/mol. The summed E-state index contributed by atoms with van der Waals surface area (Å²) in [7, 11) is 0. The molecule has 0 radical (unpaired) electrons. The molecule has 0 saturated carbocycles. The molecule has 4 rings (SSSR count). The summed E-state index contributed by atoms with van der Waals surface area (Å²) in [6.07, 6.45) is 1.46. The van der Waals surface area contributed by atoms with Gasteiger partial charge in [0.2, 0.25) is 16.9 Å². The third-order valence-electron chi connectivity index (χ3n) is 4.31. The Balaban J connectivity index is 1.91. The molecule has 5 nitrogen and oxygen atoms in total. The van der Waals surface area contributed by atoms with Crippen LogP contribution in [0.1, 0.15) is 21.5 Å². The van der Waals surface area contributed by atoms with Crippen molar-refractivity contribution in [2.45, 2.75) is 13.8 Å². The van der Waals surface area contributed by atoms with Gasteiger partial charge >= 0.3 is 5.97 Å². The van der Waals surface area contributed by atoms with Crippen LogP contribution in [0, 0.1) is 13.8 Å². The molecule has 0 fully saturated rings. The molecule has 134 valence electrons. The molecule has 0 N–H and O–H groups in total. The van der Waals surface area contributed by atoms with Crippen LogP contribution in [0.15, 0.2) is 74.5 Å². The lowest BCUT2D eigenvalue weighted by Crippen LogP contribution is -2.17.